The summed E-state index contributed by atoms with van der Waals surface area (Å²) in [4.78, 5) is 0. The van der Waals surface area contributed by atoms with Crippen molar-refractivity contribution >= 4 is 0 Å². The van der Waals surface area contributed by atoms with Crippen LogP contribution in [0.25, 0.3) is 11.1 Å². The first-order valence-electron chi connectivity index (χ1n) is 13.3. The molecule has 4 rings (SSSR count). The van der Waals surface area contributed by atoms with E-state index in [-0.39, 0.29) is 11.3 Å². The van der Waals surface area contributed by atoms with Crippen LogP contribution in [0.4, 0.5) is 8.78 Å². The van der Waals surface area contributed by atoms with Crippen molar-refractivity contribution in [1.29, 1.82) is 0 Å². The highest BCUT2D eigenvalue weighted by atomic mass is 19.2. The molecule has 0 heterocycles. The minimum atomic E-state index is -0.910. The molecule has 33 heavy (non-hydrogen) atoms. The van der Waals surface area contributed by atoms with Gasteiger partial charge in [-0.3, -0.25) is 0 Å². The lowest BCUT2D eigenvalue weighted by Gasteiger charge is -2.37. The number of ether oxygens (including phenoxy) is 1. The molecule has 0 amide bonds. The second-order valence-electron chi connectivity index (χ2n) is 10.4. The maximum atomic E-state index is 14.5. The molecule has 2 aliphatic rings. The van der Waals surface area contributed by atoms with Crippen molar-refractivity contribution in [1.82, 2.24) is 0 Å². The standard InChI is InChI=1S/C30H40F2O/c1-3-21-7-13-24(14-8-21)25-15-9-22(10-16-25)5-6-23-11-17-26(18-12-23)27-19-20-28(33-4-2)30(32)29(27)31/h11-12,17-22,24-25H,3-10,13-16H2,1-2H3. The summed E-state index contributed by atoms with van der Waals surface area (Å²) in [6.07, 6.45) is 15.2. The lowest BCUT2D eigenvalue weighted by molar-refractivity contribution is 0.142. The van der Waals surface area contributed by atoms with Crippen LogP contribution in [-0.4, -0.2) is 6.61 Å². The van der Waals surface area contributed by atoms with E-state index in [1.807, 2.05) is 12.1 Å². The van der Waals surface area contributed by atoms with E-state index >= 15 is 0 Å². The lowest BCUT2D eigenvalue weighted by Crippen LogP contribution is -2.25. The van der Waals surface area contributed by atoms with Crippen LogP contribution in [0.2, 0.25) is 0 Å². The number of halogens is 2. The van der Waals surface area contributed by atoms with Gasteiger partial charge in [-0.25, -0.2) is 4.39 Å². The molecule has 2 aromatic rings. The van der Waals surface area contributed by atoms with Crippen molar-refractivity contribution in [2.75, 3.05) is 6.61 Å². The van der Waals surface area contributed by atoms with Gasteiger partial charge in [0, 0.05) is 5.56 Å². The van der Waals surface area contributed by atoms with Crippen LogP contribution in [0, 0.1) is 35.3 Å². The molecule has 2 aliphatic carbocycles. The molecule has 180 valence electrons. The Balaban J connectivity index is 1.26. The maximum Gasteiger partial charge on any atom is 0.201 e. The number of benzene rings is 2. The zero-order valence-corrected chi connectivity index (χ0v) is 20.4. The van der Waals surface area contributed by atoms with E-state index in [1.165, 1.54) is 75.8 Å². The van der Waals surface area contributed by atoms with Gasteiger partial charge < -0.3 is 4.74 Å². The van der Waals surface area contributed by atoms with E-state index < -0.39 is 11.6 Å². The Morgan fingerprint density at radius 2 is 1.33 bits per heavy atom. The highest BCUT2D eigenvalue weighted by Crippen LogP contribution is 2.42. The predicted octanol–water partition coefficient (Wildman–Crippen LogP) is 8.99. The van der Waals surface area contributed by atoms with Crippen molar-refractivity contribution in [2.24, 2.45) is 23.7 Å². The van der Waals surface area contributed by atoms with Gasteiger partial charge in [-0.05, 0) is 92.4 Å². The first-order valence-corrected chi connectivity index (χ1v) is 13.3. The molecule has 0 unspecified atom stereocenters. The predicted molar refractivity (Wildman–Crippen MR) is 132 cm³/mol. The van der Waals surface area contributed by atoms with Gasteiger partial charge in [0.2, 0.25) is 5.82 Å². The van der Waals surface area contributed by atoms with Crippen LogP contribution >= 0.6 is 0 Å². The summed E-state index contributed by atoms with van der Waals surface area (Å²) in [7, 11) is 0. The van der Waals surface area contributed by atoms with Crippen LogP contribution in [0.5, 0.6) is 5.75 Å². The fourth-order valence-corrected chi connectivity index (χ4v) is 6.26. The van der Waals surface area contributed by atoms with E-state index in [2.05, 4.69) is 19.1 Å². The Hall–Kier alpha value is -1.90. The Kier molecular flexibility index (Phi) is 8.44. The fraction of sp³-hybridized carbons (Fsp3) is 0.600. The van der Waals surface area contributed by atoms with Gasteiger partial charge in [0.25, 0.3) is 0 Å². The Bertz CT molecular complexity index is 875. The van der Waals surface area contributed by atoms with Gasteiger partial charge in [0.05, 0.1) is 6.61 Å². The van der Waals surface area contributed by atoms with E-state index in [9.17, 15) is 8.78 Å². The number of aryl methyl sites for hydroxylation is 1. The SMILES string of the molecule is CCOc1ccc(-c2ccc(CCC3CCC(C4CCC(CC)CC4)CC3)cc2)c(F)c1F. The van der Waals surface area contributed by atoms with Gasteiger partial charge in [-0.2, -0.15) is 4.39 Å². The summed E-state index contributed by atoms with van der Waals surface area (Å²) >= 11 is 0. The maximum absolute atomic E-state index is 14.5. The molecule has 0 spiro atoms. The van der Waals surface area contributed by atoms with Gasteiger partial charge >= 0.3 is 0 Å². The van der Waals surface area contributed by atoms with Crippen LogP contribution < -0.4 is 4.74 Å². The second kappa shape index (κ2) is 11.5. The first-order chi connectivity index (χ1) is 16.1. The largest absolute Gasteiger partial charge is 0.491 e. The van der Waals surface area contributed by atoms with E-state index in [4.69, 9.17) is 4.74 Å². The van der Waals surface area contributed by atoms with E-state index in [0.29, 0.717) is 12.2 Å². The van der Waals surface area contributed by atoms with Crippen LogP contribution in [0.15, 0.2) is 36.4 Å². The van der Waals surface area contributed by atoms with Gasteiger partial charge in [-0.1, -0.05) is 63.3 Å². The molecule has 1 nitrogen and oxygen atoms in total. The molecular formula is C30H40F2O. The molecular weight excluding hydrogens is 414 g/mol. The fourth-order valence-electron chi connectivity index (χ4n) is 6.26. The van der Waals surface area contributed by atoms with Crippen molar-refractivity contribution in [3.63, 3.8) is 0 Å². The van der Waals surface area contributed by atoms with Gasteiger partial charge in [0.15, 0.2) is 11.6 Å². The average molecular weight is 455 g/mol. The van der Waals surface area contributed by atoms with Gasteiger partial charge in [-0.15, -0.1) is 0 Å². The zero-order chi connectivity index (χ0) is 23.2. The smallest absolute Gasteiger partial charge is 0.201 e. The lowest BCUT2D eigenvalue weighted by atomic mass is 9.68. The molecule has 0 aromatic heterocycles. The highest BCUT2D eigenvalue weighted by molar-refractivity contribution is 5.65. The Morgan fingerprint density at radius 1 is 0.727 bits per heavy atom. The van der Waals surface area contributed by atoms with Crippen molar-refractivity contribution in [3.05, 3.63) is 53.6 Å². The molecule has 0 N–H and O–H groups in total. The summed E-state index contributed by atoms with van der Waals surface area (Å²) < 4.78 is 33.9. The molecule has 0 aliphatic heterocycles. The molecule has 0 saturated heterocycles. The minimum Gasteiger partial charge on any atom is -0.491 e. The molecule has 2 aromatic carbocycles. The average Bonchev–Trinajstić information content (AvgIpc) is 2.87. The first kappa shape index (κ1) is 24.2. The third kappa shape index (κ3) is 5.97. The minimum absolute atomic E-state index is 0.0290. The molecule has 0 bridgehead atoms. The Morgan fingerprint density at radius 3 is 1.91 bits per heavy atom. The third-order valence-electron chi connectivity index (χ3n) is 8.48. The molecule has 3 heteroatoms. The topological polar surface area (TPSA) is 9.23 Å². The summed E-state index contributed by atoms with van der Waals surface area (Å²) in [6, 6.07) is 11.1. The highest BCUT2D eigenvalue weighted by Gasteiger charge is 2.30. The molecule has 2 fully saturated rings. The number of hydrogen-bond donors (Lipinski definition) is 0. The molecule has 0 radical (unpaired) electrons. The summed E-state index contributed by atoms with van der Waals surface area (Å²) in [6.45, 7) is 4.42. The Labute approximate surface area is 198 Å². The van der Waals surface area contributed by atoms with Crippen LogP contribution in [0.3, 0.4) is 0 Å². The summed E-state index contributed by atoms with van der Waals surface area (Å²) in [5.41, 5.74) is 2.27. The van der Waals surface area contributed by atoms with Crippen LogP contribution in [0.1, 0.15) is 83.6 Å². The number of hydrogen-bond acceptors (Lipinski definition) is 1. The van der Waals surface area contributed by atoms with E-state index in [0.717, 1.165) is 30.1 Å². The second-order valence-corrected chi connectivity index (χ2v) is 10.4. The molecule has 0 atom stereocenters. The van der Waals surface area contributed by atoms with Gasteiger partial charge in [0.1, 0.15) is 0 Å². The normalized spacial score (nSPS) is 25.7. The summed E-state index contributed by atoms with van der Waals surface area (Å²) in [5.74, 6) is 2.02. The van der Waals surface area contributed by atoms with Crippen molar-refractivity contribution in [3.8, 4) is 16.9 Å². The van der Waals surface area contributed by atoms with Crippen LogP contribution in [-0.2, 0) is 6.42 Å². The number of rotatable bonds is 8. The third-order valence-corrected chi connectivity index (χ3v) is 8.48. The zero-order valence-electron chi connectivity index (χ0n) is 20.4. The van der Waals surface area contributed by atoms with Crippen molar-refractivity contribution < 1.29 is 13.5 Å². The monoisotopic (exact) mass is 454 g/mol. The summed E-state index contributed by atoms with van der Waals surface area (Å²) in [5, 5.41) is 0. The van der Waals surface area contributed by atoms with E-state index in [1.54, 1.807) is 13.0 Å². The molecule has 2 saturated carbocycles. The quantitative estimate of drug-likeness (QED) is 0.387. The van der Waals surface area contributed by atoms with Crippen molar-refractivity contribution in [2.45, 2.75) is 84.5 Å².